The zero-order valence-corrected chi connectivity index (χ0v) is 17.8. The van der Waals surface area contributed by atoms with Crippen LogP contribution < -0.4 is 44.3 Å². The van der Waals surface area contributed by atoms with E-state index in [1.807, 2.05) is 0 Å². The minimum absolute atomic E-state index is 0. The smallest absolute Gasteiger partial charge is 1.00 e. The molecular formula is C14H16N5NaO6S. The number of esters is 1. The monoisotopic (exact) mass is 405 g/mol. The Hall–Kier alpha value is -2.28. The van der Waals surface area contributed by atoms with Crippen LogP contribution in [-0.4, -0.2) is 49.6 Å². The van der Waals surface area contributed by atoms with Gasteiger partial charge in [0.15, 0.2) is 0 Å². The van der Waals surface area contributed by atoms with E-state index in [2.05, 4.69) is 25.0 Å². The van der Waals surface area contributed by atoms with Crippen molar-refractivity contribution in [3.8, 4) is 6.01 Å². The van der Waals surface area contributed by atoms with Crippen LogP contribution in [0.1, 0.15) is 17.6 Å². The van der Waals surface area contributed by atoms with E-state index in [-0.39, 0.29) is 54.3 Å². The maximum absolute atomic E-state index is 12.4. The van der Waals surface area contributed by atoms with Gasteiger partial charge >= 0.3 is 47.6 Å². The summed E-state index contributed by atoms with van der Waals surface area (Å²) < 4.78 is 36.0. The van der Waals surface area contributed by atoms with E-state index >= 15 is 0 Å². The second-order valence-electron chi connectivity index (χ2n) is 4.74. The summed E-state index contributed by atoms with van der Waals surface area (Å²) in [5, 5.41) is 2.16. The average molecular weight is 405 g/mol. The normalized spacial score (nSPS) is 10.3. The van der Waals surface area contributed by atoms with Crippen LogP contribution in [-0.2, 0) is 14.8 Å². The van der Waals surface area contributed by atoms with Gasteiger partial charge in [-0.1, -0.05) is 12.1 Å². The molecule has 11 nitrogen and oxygen atoms in total. The molecule has 13 heteroatoms. The predicted octanol–water partition coefficient (Wildman–Crippen LogP) is -2.40. The first kappa shape index (κ1) is 22.8. The molecule has 0 saturated carbocycles. The number of hydrogen-bond acceptors (Lipinski definition) is 9. The van der Waals surface area contributed by atoms with E-state index in [4.69, 9.17) is 4.74 Å². The van der Waals surface area contributed by atoms with E-state index in [0.29, 0.717) is 0 Å². The number of nitrogens with one attached hydrogen (secondary N) is 2. The largest absolute Gasteiger partial charge is 1.00 e. The average Bonchev–Trinajstić information content (AvgIpc) is 2.59. The quantitative estimate of drug-likeness (QED) is 0.410. The number of nitrogens with zero attached hydrogens (tertiary/aromatic N) is 3. The van der Waals surface area contributed by atoms with Crippen molar-refractivity contribution in [2.75, 3.05) is 19.5 Å². The number of anilines is 1. The van der Waals surface area contributed by atoms with E-state index in [0.717, 1.165) is 13.2 Å². The summed E-state index contributed by atoms with van der Waals surface area (Å²) in [6.07, 6.45) is 0. The fourth-order valence-corrected chi connectivity index (χ4v) is 2.99. The number of rotatable bonds is 5. The molecule has 140 valence electrons. The molecule has 0 atom stereocenters. The van der Waals surface area contributed by atoms with Crippen molar-refractivity contribution in [2.24, 2.45) is 0 Å². The van der Waals surface area contributed by atoms with Crippen LogP contribution in [0.5, 0.6) is 6.01 Å². The Labute approximate surface area is 178 Å². The molecule has 0 fully saturated rings. The van der Waals surface area contributed by atoms with Crippen molar-refractivity contribution in [1.29, 1.82) is 0 Å². The van der Waals surface area contributed by atoms with Crippen LogP contribution >= 0.6 is 0 Å². The molecule has 1 aromatic carbocycles. The summed E-state index contributed by atoms with van der Waals surface area (Å²) in [5.41, 5.74) is -0.215. The van der Waals surface area contributed by atoms with Gasteiger partial charge in [0.25, 0.3) is 10.0 Å². The molecule has 0 unspecified atom stereocenters. The molecular weight excluding hydrogens is 389 g/mol. The molecule has 27 heavy (non-hydrogen) atoms. The fraction of sp³-hybridized carbons (Fsp3) is 0.214. The Morgan fingerprint density at radius 1 is 1.11 bits per heavy atom. The second-order valence-corrected chi connectivity index (χ2v) is 6.39. The number of benzene rings is 1. The molecule has 1 heterocycles. The first-order valence-electron chi connectivity index (χ1n) is 7.04. The van der Waals surface area contributed by atoms with Crippen molar-refractivity contribution in [3.63, 3.8) is 0 Å². The van der Waals surface area contributed by atoms with Gasteiger partial charge < -0.3 is 10.9 Å². The van der Waals surface area contributed by atoms with Crippen LogP contribution in [0.2, 0.25) is 0 Å². The van der Waals surface area contributed by atoms with Crippen LogP contribution in [0.4, 0.5) is 10.7 Å². The molecule has 0 spiro atoms. The summed E-state index contributed by atoms with van der Waals surface area (Å²) in [5.74, 6) is -0.807. The Morgan fingerprint density at radius 2 is 1.78 bits per heavy atom. The third-order valence-electron chi connectivity index (χ3n) is 2.94. The molecule has 1 aromatic heterocycles. The molecule has 2 amide bonds. The van der Waals surface area contributed by atoms with Crippen molar-refractivity contribution in [1.82, 2.24) is 19.7 Å². The zero-order valence-electron chi connectivity index (χ0n) is 16.0. The number of carbonyl (C=O) groups excluding carboxylic acids is 2. The summed E-state index contributed by atoms with van der Waals surface area (Å²) in [6, 6.07) is 4.12. The SMILES string of the molecule is COC(=O)c1ccccc1S(=O)(=O)NC(=O)Nc1nc(C)nc(OC)n1.[H-].[Na+]. The van der Waals surface area contributed by atoms with Gasteiger partial charge in [-0.15, -0.1) is 0 Å². The standard InChI is InChI=1S/C14H15N5O6S.Na.H/c1-8-15-12(18-14(16-8)25-3)17-13(21)19-26(22,23)10-7-5-4-6-9(10)11(20)24-2;;/h4-7H,1-3H3,(H2,15,16,17,18,19,21);;/q;+1;-1. The summed E-state index contributed by atoms with van der Waals surface area (Å²) >= 11 is 0. The second kappa shape index (κ2) is 9.60. The molecule has 0 aliphatic rings. The van der Waals surface area contributed by atoms with Crippen molar-refractivity contribution >= 4 is 28.0 Å². The van der Waals surface area contributed by atoms with Gasteiger partial charge in [-0.05, 0) is 19.1 Å². The number of hydrogen-bond donors (Lipinski definition) is 2. The fourth-order valence-electron chi connectivity index (χ4n) is 1.89. The number of carbonyl (C=O) groups is 2. The van der Waals surface area contributed by atoms with Gasteiger partial charge in [-0.3, -0.25) is 5.32 Å². The third-order valence-corrected chi connectivity index (χ3v) is 4.33. The zero-order chi connectivity index (χ0) is 19.3. The number of ether oxygens (including phenoxy) is 2. The van der Waals surface area contributed by atoms with Crippen LogP contribution in [0.3, 0.4) is 0 Å². The Bertz CT molecular complexity index is 959. The number of amides is 2. The van der Waals surface area contributed by atoms with Gasteiger partial charge in [0.1, 0.15) is 10.7 Å². The number of aryl methyl sites for hydroxylation is 1. The Kier molecular flexibility index (Phi) is 8.09. The van der Waals surface area contributed by atoms with E-state index in [1.165, 1.54) is 32.2 Å². The topological polar surface area (TPSA) is 149 Å². The molecule has 2 rings (SSSR count). The van der Waals surface area contributed by atoms with Gasteiger partial charge in [-0.25, -0.2) is 22.7 Å². The number of aromatic nitrogens is 3. The third kappa shape index (κ3) is 5.85. The Morgan fingerprint density at radius 3 is 2.41 bits per heavy atom. The predicted molar refractivity (Wildman–Crippen MR) is 89.3 cm³/mol. The molecule has 2 aromatic rings. The molecule has 0 saturated heterocycles. The van der Waals surface area contributed by atoms with E-state index < -0.39 is 26.9 Å². The number of urea groups is 1. The number of sulfonamides is 1. The molecule has 0 bridgehead atoms. The van der Waals surface area contributed by atoms with Crippen molar-refractivity contribution < 1.29 is 58.5 Å². The molecule has 0 aliphatic heterocycles. The van der Waals surface area contributed by atoms with Gasteiger partial charge in [0.05, 0.1) is 19.8 Å². The van der Waals surface area contributed by atoms with Gasteiger partial charge in [0, 0.05) is 0 Å². The van der Waals surface area contributed by atoms with E-state index in [9.17, 15) is 18.0 Å². The van der Waals surface area contributed by atoms with Gasteiger partial charge in [-0.2, -0.15) is 15.0 Å². The summed E-state index contributed by atoms with van der Waals surface area (Å²) in [6.45, 7) is 1.54. The van der Waals surface area contributed by atoms with Crippen LogP contribution in [0, 0.1) is 6.92 Å². The van der Waals surface area contributed by atoms with Crippen LogP contribution in [0.15, 0.2) is 29.2 Å². The maximum Gasteiger partial charge on any atom is 1.00 e. The van der Waals surface area contributed by atoms with Gasteiger partial charge in [0.2, 0.25) is 5.95 Å². The van der Waals surface area contributed by atoms with Crippen LogP contribution in [0.25, 0.3) is 0 Å². The summed E-state index contributed by atoms with van der Waals surface area (Å²) in [7, 11) is -1.92. The summed E-state index contributed by atoms with van der Waals surface area (Å²) in [4.78, 5) is 34.7. The number of methoxy groups -OCH3 is 2. The maximum atomic E-state index is 12.4. The first-order chi connectivity index (χ1) is 12.3. The molecule has 0 radical (unpaired) electrons. The minimum Gasteiger partial charge on any atom is -1.00 e. The first-order valence-corrected chi connectivity index (χ1v) is 8.53. The molecule has 0 aliphatic carbocycles. The molecule has 2 N–H and O–H groups in total. The minimum atomic E-state index is -4.36. The van der Waals surface area contributed by atoms with Crippen molar-refractivity contribution in [2.45, 2.75) is 11.8 Å². The van der Waals surface area contributed by atoms with E-state index in [1.54, 1.807) is 4.72 Å². The Balaban J connectivity index is 0.00000364. The van der Waals surface area contributed by atoms with Crippen molar-refractivity contribution in [3.05, 3.63) is 35.7 Å².